The highest BCUT2D eigenvalue weighted by Gasteiger charge is 2.26. The molecule has 1 aliphatic heterocycles. The second kappa shape index (κ2) is 6.76. The number of likely N-dealkylation sites (tertiary alicyclic amines) is 1. The van der Waals surface area contributed by atoms with Crippen LogP contribution in [0.15, 0.2) is 18.3 Å². The summed E-state index contributed by atoms with van der Waals surface area (Å²) in [5, 5.41) is 17.1. The Balaban J connectivity index is 1.58. The standard InChI is InChI=1S/C14H17ClN4O2S/c15-13-2-1-12(22-13)14(21)18-6-3-11(4-7-18)19-9-10(5-8-20)16-17-19/h1-2,9,11,20H,3-8H2. The van der Waals surface area contributed by atoms with Gasteiger partial charge in [0.05, 0.1) is 20.9 Å². The Hall–Kier alpha value is -1.44. The lowest BCUT2D eigenvalue weighted by Crippen LogP contribution is -2.38. The molecule has 1 fully saturated rings. The zero-order chi connectivity index (χ0) is 15.5. The quantitative estimate of drug-likeness (QED) is 0.924. The molecule has 0 aliphatic carbocycles. The molecule has 1 amide bonds. The molecule has 0 saturated carbocycles. The Morgan fingerprint density at radius 1 is 1.41 bits per heavy atom. The van der Waals surface area contributed by atoms with Crippen molar-refractivity contribution in [1.82, 2.24) is 19.9 Å². The average Bonchev–Trinajstić information content (AvgIpc) is 3.16. The van der Waals surface area contributed by atoms with E-state index in [-0.39, 0.29) is 18.6 Å². The molecule has 2 aromatic rings. The van der Waals surface area contributed by atoms with Crippen LogP contribution in [-0.4, -0.2) is 50.6 Å². The number of piperidine rings is 1. The van der Waals surface area contributed by atoms with Gasteiger partial charge in [-0.3, -0.25) is 4.79 Å². The highest BCUT2D eigenvalue weighted by molar-refractivity contribution is 7.17. The van der Waals surface area contributed by atoms with E-state index in [0.717, 1.165) is 18.5 Å². The van der Waals surface area contributed by atoms with E-state index < -0.39 is 0 Å². The lowest BCUT2D eigenvalue weighted by atomic mass is 10.1. The van der Waals surface area contributed by atoms with Crippen molar-refractivity contribution in [3.8, 4) is 0 Å². The molecule has 1 N–H and O–H groups in total. The number of carbonyl (C=O) groups excluding carboxylic acids is 1. The minimum absolute atomic E-state index is 0.0508. The SMILES string of the molecule is O=C(c1ccc(Cl)s1)N1CCC(n2cc(CCO)nn2)CC1. The third kappa shape index (κ3) is 3.31. The zero-order valence-electron chi connectivity index (χ0n) is 12.0. The largest absolute Gasteiger partial charge is 0.396 e. The Labute approximate surface area is 137 Å². The predicted octanol–water partition coefficient (Wildman–Crippen LogP) is 2.01. The molecule has 8 heteroatoms. The van der Waals surface area contributed by atoms with E-state index in [0.29, 0.717) is 28.7 Å². The van der Waals surface area contributed by atoms with Gasteiger partial charge in [0.1, 0.15) is 0 Å². The van der Waals surface area contributed by atoms with E-state index in [2.05, 4.69) is 10.3 Å². The molecule has 0 aromatic carbocycles. The van der Waals surface area contributed by atoms with Crippen molar-refractivity contribution in [2.24, 2.45) is 0 Å². The summed E-state index contributed by atoms with van der Waals surface area (Å²) in [5.74, 6) is 0.0508. The smallest absolute Gasteiger partial charge is 0.263 e. The number of aliphatic hydroxyl groups is 1. The first-order chi connectivity index (χ1) is 10.7. The van der Waals surface area contributed by atoms with E-state index >= 15 is 0 Å². The van der Waals surface area contributed by atoms with Gasteiger partial charge in [-0.05, 0) is 25.0 Å². The number of halogens is 1. The van der Waals surface area contributed by atoms with Crippen LogP contribution >= 0.6 is 22.9 Å². The summed E-state index contributed by atoms with van der Waals surface area (Å²) in [6.45, 7) is 1.48. The maximum absolute atomic E-state index is 12.4. The van der Waals surface area contributed by atoms with Crippen molar-refractivity contribution in [2.75, 3.05) is 19.7 Å². The van der Waals surface area contributed by atoms with Crippen molar-refractivity contribution in [3.63, 3.8) is 0 Å². The fourth-order valence-corrected chi connectivity index (χ4v) is 3.65. The number of rotatable bonds is 4. The number of amides is 1. The third-order valence-electron chi connectivity index (χ3n) is 3.84. The monoisotopic (exact) mass is 340 g/mol. The van der Waals surface area contributed by atoms with Gasteiger partial charge in [-0.15, -0.1) is 16.4 Å². The Bertz CT molecular complexity index is 649. The second-order valence-electron chi connectivity index (χ2n) is 5.29. The van der Waals surface area contributed by atoms with E-state index in [1.165, 1.54) is 11.3 Å². The molecule has 0 radical (unpaired) electrons. The van der Waals surface area contributed by atoms with Crippen molar-refractivity contribution in [3.05, 3.63) is 33.2 Å². The third-order valence-corrected chi connectivity index (χ3v) is 5.05. The van der Waals surface area contributed by atoms with Crippen LogP contribution in [0.25, 0.3) is 0 Å². The normalized spacial score (nSPS) is 16.2. The zero-order valence-corrected chi connectivity index (χ0v) is 13.6. The van der Waals surface area contributed by atoms with Gasteiger partial charge in [0.25, 0.3) is 5.91 Å². The Morgan fingerprint density at radius 2 is 2.18 bits per heavy atom. The molecular weight excluding hydrogens is 324 g/mol. The highest BCUT2D eigenvalue weighted by atomic mass is 35.5. The summed E-state index contributed by atoms with van der Waals surface area (Å²) in [6.07, 6.45) is 4.12. The van der Waals surface area contributed by atoms with Gasteiger partial charge in [0.15, 0.2) is 0 Å². The first-order valence-corrected chi connectivity index (χ1v) is 8.43. The fraction of sp³-hybridized carbons (Fsp3) is 0.500. The number of hydrogen-bond acceptors (Lipinski definition) is 5. The van der Waals surface area contributed by atoms with Crippen molar-refractivity contribution < 1.29 is 9.90 Å². The van der Waals surface area contributed by atoms with E-state index in [1.807, 2.05) is 15.8 Å². The number of aliphatic hydroxyl groups excluding tert-OH is 1. The molecule has 3 rings (SSSR count). The van der Waals surface area contributed by atoms with Gasteiger partial charge < -0.3 is 10.0 Å². The van der Waals surface area contributed by atoms with Gasteiger partial charge >= 0.3 is 0 Å². The van der Waals surface area contributed by atoms with Crippen LogP contribution in [0.2, 0.25) is 4.34 Å². The average molecular weight is 341 g/mol. The molecule has 1 aliphatic rings. The van der Waals surface area contributed by atoms with Crippen LogP contribution < -0.4 is 0 Å². The summed E-state index contributed by atoms with van der Waals surface area (Å²) >= 11 is 7.20. The van der Waals surface area contributed by atoms with Crippen LogP contribution in [0.1, 0.15) is 34.2 Å². The van der Waals surface area contributed by atoms with Crippen molar-refractivity contribution in [2.45, 2.75) is 25.3 Å². The number of aromatic nitrogens is 3. The van der Waals surface area contributed by atoms with E-state index in [9.17, 15) is 4.79 Å². The van der Waals surface area contributed by atoms with Crippen LogP contribution in [0.3, 0.4) is 0 Å². The van der Waals surface area contributed by atoms with Gasteiger partial charge in [-0.1, -0.05) is 16.8 Å². The first kappa shape index (κ1) is 15.5. The maximum Gasteiger partial charge on any atom is 0.263 e. The molecule has 0 atom stereocenters. The van der Waals surface area contributed by atoms with Crippen molar-refractivity contribution >= 4 is 28.8 Å². The molecule has 0 bridgehead atoms. The molecule has 2 aromatic heterocycles. The molecule has 118 valence electrons. The molecule has 0 unspecified atom stereocenters. The summed E-state index contributed by atoms with van der Waals surface area (Å²) < 4.78 is 2.49. The summed E-state index contributed by atoms with van der Waals surface area (Å²) in [4.78, 5) is 14.9. The molecule has 6 nitrogen and oxygen atoms in total. The lowest BCUT2D eigenvalue weighted by Gasteiger charge is -2.31. The second-order valence-corrected chi connectivity index (χ2v) is 7.01. The highest BCUT2D eigenvalue weighted by Crippen LogP contribution is 2.26. The van der Waals surface area contributed by atoms with Gasteiger partial charge in [-0.25, -0.2) is 4.68 Å². The number of nitrogens with zero attached hydrogens (tertiary/aromatic N) is 4. The fourth-order valence-electron chi connectivity index (χ4n) is 2.64. The Kier molecular flexibility index (Phi) is 4.75. The number of thiophene rings is 1. The van der Waals surface area contributed by atoms with Crippen molar-refractivity contribution in [1.29, 1.82) is 0 Å². The molecular formula is C14H17ClN4O2S. The van der Waals surface area contributed by atoms with E-state index in [1.54, 1.807) is 12.1 Å². The maximum atomic E-state index is 12.4. The van der Waals surface area contributed by atoms with E-state index in [4.69, 9.17) is 16.7 Å². The predicted molar refractivity (Wildman–Crippen MR) is 84.3 cm³/mol. The minimum Gasteiger partial charge on any atom is -0.396 e. The lowest BCUT2D eigenvalue weighted by molar-refractivity contribution is 0.0694. The summed E-state index contributed by atoms with van der Waals surface area (Å²) in [7, 11) is 0. The number of hydrogen-bond donors (Lipinski definition) is 1. The van der Waals surface area contributed by atoms with Crippen LogP contribution in [0, 0.1) is 0 Å². The van der Waals surface area contributed by atoms with Gasteiger partial charge in [0, 0.05) is 32.3 Å². The number of carbonyl (C=O) groups is 1. The summed E-state index contributed by atoms with van der Waals surface area (Å²) in [5.41, 5.74) is 0.800. The molecule has 0 spiro atoms. The summed E-state index contributed by atoms with van der Waals surface area (Å²) in [6, 6.07) is 3.79. The van der Waals surface area contributed by atoms with Crippen LogP contribution in [-0.2, 0) is 6.42 Å². The van der Waals surface area contributed by atoms with Crippen LogP contribution in [0.5, 0.6) is 0 Å². The van der Waals surface area contributed by atoms with Crippen LogP contribution in [0.4, 0.5) is 0 Å². The van der Waals surface area contributed by atoms with Gasteiger partial charge in [0.2, 0.25) is 0 Å². The van der Waals surface area contributed by atoms with Gasteiger partial charge in [-0.2, -0.15) is 0 Å². The molecule has 1 saturated heterocycles. The Morgan fingerprint density at radius 3 is 2.82 bits per heavy atom. The minimum atomic E-state index is 0.0508. The molecule has 3 heterocycles. The topological polar surface area (TPSA) is 71.2 Å². The molecule has 22 heavy (non-hydrogen) atoms. The first-order valence-electron chi connectivity index (χ1n) is 7.23.